The molecule has 3 rings (SSSR count). The fourth-order valence-electron chi connectivity index (χ4n) is 2.97. The smallest absolute Gasteiger partial charge is 0.251 e. The van der Waals surface area contributed by atoms with Crippen LogP contribution in [0.5, 0.6) is 0 Å². The molecule has 23 heavy (non-hydrogen) atoms. The van der Waals surface area contributed by atoms with E-state index in [4.69, 9.17) is 0 Å². The minimum Gasteiger partial charge on any atom is -0.350 e. The van der Waals surface area contributed by atoms with Crippen LogP contribution in [0.2, 0.25) is 0 Å². The van der Waals surface area contributed by atoms with E-state index in [9.17, 15) is 4.79 Å². The number of aryl methyl sites for hydroxylation is 1. The molecule has 0 aliphatic carbocycles. The Kier molecular flexibility index (Phi) is 4.76. The summed E-state index contributed by atoms with van der Waals surface area (Å²) in [6.07, 6.45) is 6.33. The molecule has 1 aromatic heterocycles. The van der Waals surface area contributed by atoms with Crippen LogP contribution in [0.4, 0.5) is 0 Å². The average Bonchev–Trinajstić information content (AvgIpc) is 3.24. The number of nitrogens with one attached hydrogen (secondary N) is 1. The first-order chi connectivity index (χ1) is 11.1. The highest BCUT2D eigenvalue weighted by atomic mass is 16.1. The van der Waals surface area contributed by atoms with Crippen LogP contribution in [0.25, 0.3) is 5.69 Å². The van der Waals surface area contributed by atoms with Gasteiger partial charge in [-0.15, -0.1) is 0 Å². The molecule has 0 unspecified atom stereocenters. The lowest BCUT2D eigenvalue weighted by Gasteiger charge is -2.23. The fraction of sp³-hybridized carbons (Fsp3) is 0.444. The molecule has 1 aromatic carbocycles. The molecule has 1 atom stereocenters. The molecule has 1 N–H and O–H groups in total. The van der Waals surface area contributed by atoms with Crippen molar-refractivity contribution < 1.29 is 4.79 Å². The number of aromatic nitrogens is 2. The first kappa shape index (κ1) is 15.7. The van der Waals surface area contributed by atoms with Crippen LogP contribution in [0.3, 0.4) is 0 Å². The summed E-state index contributed by atoms with van der Waals surface area (Å²) in [6, 6.07) is 7.94. The van der Waals surface area contributed by atoms with E-state index in [1.54, 1.807) is 0 Å². The third kappa shape index (κ3) is 3.79. The maximum atomic E-state index is 12.3. The van der Waals surface area contributed by atoms with E-state index in [-0.39, 0.29) is 5.91 Å². The van der Waals surface area contributed by atoms with Gasteiger partial charge in [-0.3, -0.25) is 9.69 Å². The lowest BCUT2D eigenvalue weighted by Crippen LogP contribution is -2.40. The van der Waals surface area contributed by atoms with Gasteiger partial charge in [-0.1, -0.05) is 0 Å². The molecule has 0 spiro atoms. The Bertz CT molecular complexity index is 656. The summed E-state index contributed by atoms with van der Waals surface area (Å²) in [6.45, 7) is 7.17. The monoisotopic (exact) mass is 312 g/mol. The van der Waals surface area contributed by atoms with Crippen LogP contribution in [0.1, 0.15) is 35.7 Å². The number of hydrogen-bond donors (Lipinski definition) is 1. The quantitative estimate of drug-likeness (QED) is 0.922. The topological polar surface area (TPSA) is 50.2 Å². The largest absolute Gasteiger partial charge is 0.350 e. The molecule has 5 heteroatoms. The van der Waals surface area contributed by atoms with Gasteiger partial charge in [0.15, 0.2) is 0 Å². The number of hydrogen-bond acceptors (Lipinski definition) is 3. The maximum absolute atomic E-state index is 12.3. The molecule has 1 saturated heterocycles. The van der Waals surface area contributed by atoms with Crippen molar-refractivity contribution in [2.24, 2.45) is 0 Å². The Morgan fingerprint density at radius 1 is 1.26 bits per heavy atom. The molecule has 1 amide bonds. The van der Waals surface area contributed by atoms with E-state index >= 15 is 0 Å². The van der Waals surface area contributed by atoms with Gasteiger partial charge in [0.2, 0.25) is 0 Å². The fourth-order valence-corrected chi connectivity index (χ4v) is 2.97. The molecule has 1 aliphatic heterocycles. The number of benzene rings is 1. The van der Waals surface area contributed by atoms with Crippen molar-refractivity contribution in [1.29, 1.82) is 0 Å². The predicted octanol–water partition coefficient (Wildman–Crippen LogP) is 2.39. The Labute approximate surface area is 137 Å². The van der Waals surface area contributed by atoms with E-state index < -0.39 is 0 Å². The van der Waals surface area contributed by atoms with Gasteiger partial charge in [-0.25, -0.2) is 4.68 Å². The van der Waals surface area contributed by atoms with Gasteiger partial charge in [0.1, 0.15) is 0 Å². The summed E-state index contributed by atoms with van der Waals surface area (Å²) in [5.74, 6) is -0.0146. The summed E-state index contributed by atoms with van der Waals surface area (Å²) in [7, 11) is 0. The van der Waals surface area contributed by atoms with Gasteiger partial charge in [0, 0.05) is 24.3 Å². The number of amides is 1. The predicted molar refractivity (Wildman–Crippen MR) is 90.9 cm³/mol. The lowest BCUT2D eigenvalue weighted by molar-refractivity contribution is 0.0940. The minimum absolute atomic E-state index is 0.0146. The van der Waals surface area contributed by atoms with Gasteiger partial charge < -0.3 is 5.32 Å². The summed E-state index contributed by atoms with van der Waals surface area (Å²) in [5, 5.41) is 7.31. The third-order valence-electron chi connectivity index (χ3n) is 4.43. The second-order valence-corrected chi connectivity index (χ2v) is 6.31. The van der Waals surface area contributed by atoms with Gasteiger partial charge in [-0.05, 0) is 69.6 Å². The molecule has 1 fully saturated rings. The molecule has 0 bridgehead atoms. The zero-order valence-corrected chi connectivity index (χ0v) is 13.8. The zero-order valence-electron chi connectivity index (χ0n) is 13.8. The van der Waals surface area contributed by atoms with E-state index in [1.807, 2.05) is 48.3 Å². The maximum Gasteiger partial charge on any atom is 0.251 e. The second kappa shape index (κ2) is 6.96. The van der Waals surface area contributed by atoms with Crippen molar-refractivity contribution >= 4 is 5.91 Å². The van der Waals surface area contributed by atoms with Crippen molar-refractivity contribution in [2.75, 3.05) is 19.6 Å². The second-order valence-electron chi connectivity index (χ2n) is 6.31. The molecule has 0 radical (unpaired) electrons. The van der Waals surface area contributed by atoms with Crippen LogP contribution >= 0.6 is 0 Å². The molecule has 2 heterocycles. The lowest BCUT2D eigenvalue weighted by atomic mass is 10.2. The van der Waals surface area contributed by atoms with E-state index in [1.165, 1.54) is 12.8 Å². The van der Waals surface area contributed by atoms with Crippen LogP contribution in [0, 0.1) is 6.92 Å². The van der Waals surface area contributed by atoms with Gasteiger partial charge >= 0.3 is 0 Å². The molecule has 2 aromatic rings. The molecular formula is C18H24N4O. The van der Waals surface area contributed by atoms with Crippen molar-refractivity contribution in [3.63, 3.8) is 0 Å². The van der Waals surface area contributed by atoms with Crippen molar-refractivity contribution in [3.05, 3.63) is 47.8 Å². The summed E-state index contributed by atoms with van der Waals surface area (Å²) in [4.78, 5) is 14.7. The van der Waals surface area contributed by atoms with E-state index in [0.29, 0.717) is 18.2 Å². The Morgan fingerprint density at radius 3 is 2.57 bits per heavy atom. The van der Waals surface area contributed by atoms with Gasteiger partial charge in [-0.2, -0.15) is 5.10 Å². The number of likely N-dealkylation sites (tertiary alicyclic amines) is 1. The molecule has 122 valence electrons. The molecular weight excluding hydrogens is 288 g/mol. The van der Waals surface area contributed by atoms with Gasteiger partial charge in [0.25, 0.3) is 5.91 Å². The van der Waals surface area contributed by atoms with Crippen LogP contribution in [-0.2, 0) is 0 Å². The first-order valence-electron chi connectivity index (χ1n) is 8.27. The number of carbonyl (C=O) groups excluding carboxylic acids is 1. The van der Waals surface area contributed by atoms with E-state index in [0.717, 1.165) is 24.3 Å². The van der Waals surface area contributed by atoms with Crippen molar-refractivity contribution in [3.8, 4) is 5.69 Å². The van der Waals surface area contributed by atoms with Crippen LogP contribution < -0.4 is 5.32 Å². The Hall–Kier alpha value is -2.14. The van der Waals surface area contributed by atoms with Crippen LogP contribution in [0.15, 0.2) is 36.7 Å². The average molecular weight is 312 g/mol. The highest BCUT2D eigenvalue weighted by Crippen LogP contribution is 2.12. The highest BCUT2D eigenvalue weighted by Gasteiger charge is 2.18. The van der Waals surface area contributed by atoms with E-state index in [2.05, 4.69) is 22.2 Å². The number of rotatable bonds is 5. The Balaban J connectivity index is 1.57. The summed E-state index contributed by atoms with van der Waals surface area (Å²) < 4.78 is 1.81. The number of nitrogens with zero attached hydrogens (tertiary/aromatic N) is 3. The summed E-state index contributed by atoms with van der Waals surface area (Å²) in [5.41, 5.74) is 2.76. The van der Waals surface area contributed by atoms with Crippen LogP contribution in [-0.4, -0.2) is 46.3 Å². The first-order valence-corrected chi connectivity index (χ1v) is 8.27. The van der Waals surface area contributed by atoms with Crippen molar-refractivity contribution in [1.82, 2.24) is 20.0 Å². The SMILES string of the molecule is Cc1cnn(-c2ccc(C(=O)NC[C@H](C)N3CCCC3)cc2)c1. The Morgan fingerprint density at radius 2 is 1.96 bits per heavy atom. The zero-order chi connectivity index (χ0) is 16.2. The minimum atomic E-state index is -0.0146. The molecule has 0 saturated carbocycles. The third-order valence-corrected chi connectivity index (χ3v) is 4.43. The summed E-state index contributed by atoms with van der Waals surface area (Å²) >= 11 is 0. The molecule has 1 aliphatic rings. The normalized spacial score (nSPS) is 16.4. The number of carbonyl (C=O) groups is 1. The standard InChI is InChI=1S/C18H24N4O/c1-14-11-20-22(13-14)17-7-5-16(6-8-17)18(23)19-12-15(2)21-9-3-4-10-21/h5-8,11,13,15H,3-4,9-10,12H2,1-2H3,(H,19,23)/t15-/m0/s1. The highest BCUT2D eigenvalue weighted by molar-refractivity contribution is 5.94. The molecule has 5 nitrogen and oxygen atoms in total. The van der Waals surface area contributed by atoms with Gasteiger partial charge in [0.05, 0.1) is 11.9 Å². The van der Waals surface area contributed by atoms with Crippen molar-refractivity contribution in [2.45, 2.75) is 32.7 Å².